The van der Waals surface area contributed by atoms with Gasteiger partial charge in [0, 0.05) is 11.4 Å². The van der Waals surface area contributed by atoms with Gasteiger partial charge in [0.25, 0.3) is 0 Å². The molecule has 0 saturated carbocycles. The van der Waals surface area contributed by atoms with Crippen LogP contribution in [0, 0.1) is 13.8 Å². The van der Waals surface area contributed by atoms with Crippen LogP contribution >= 0.6 is 23.3 Å². The van der Waals surface area contributed by atoms with Crippen LogP contribution in [-0.2, 0) is 11.3 Å². The monoisotopic (exact) mass is 351 g/mol. The van der Waals surface area contributed by atoms with Gasteiger partial charge in [-0.2, -0.15) is 0 Å². The Bertz CT molecular complexity index is 666. The Morgan fingerprint density at radius 1 is 1.26 bits per heavy atom. The normalized spacial score (nSPS) is 12.4. The summed E-state index contributed by atoms with van der Waals surface area (Å²) in [6.45, 7) is 10.3. The number of carbonyl (C=O) groups is 1. The smallest absolute Gasteiger partial charge is 0.233 e. The van der Waals surface area contributed by atoms with Crippen molar-refractivity contribution >= 4 is 29.2 Å². The average Bonchev–Trinajstić information content (AvgIpc) is 2.92. The summed E-state index contributed by atoms with van der Waals surface area (Å²) in [5, 5.41) is 7.43. The highest BCUT2D eigenvalue weighted by Crippen LogP contribution is 2.22. The minimum absolute atomic E-state index is 0.0409. The van der Waals surface area contributed by atoms with Crippen LogP contribution in [0.3, 0.4) is 0 Å². The van der Waals surface area contributed by atoms with Crippen LogP contribution < -0.4 is 5.32 Å². The molecule has 0 bridgehead atoms. The molecule has 124 valence electrons. The van der Waals surface area contributed by atoms with Gasteiger partial charge in [-0.1, -0.05) is 30.1 Å². The summed E-state index contributed by atoms with van der Waals surface area (Å²) in [6.07, 6.45) is 0. The van der Waals surface area contributed by atoms with Crippen molar-refractivity contribution < 1.29 is 4.79 Å². The molecule has 0 unspecified atom stereocenters. The van der Waals surface area contributed by atoms with Gasteiger partial charge < -0.3 is 5.32 Å². The molecule has 1 atom stereocenters. The second kappa shape index (κ2) is 7.83. The maximum Gasteiger partial charge on any atom is 0.233 e. The predicted octanol–water partition coefficient (Wildman–Crippen LogP) is 2.87. The molecule has 2 heterocycles. The number of aryl methyl sites for hydroxylation is 2. The molecule has 1 N–H and O–H groups in total. The molecule has 2 aromatic rings. The van der Waals surface area contributed by atoms with E-state index in [4.69, 9.17) is 0 Å². The number of hydrogen-bond acceptors (Lipinski definition) is 7. The van der Waals surface area contributed by atoms with Crippen molar-refractivity contribution in [3.05, 3.63) is 28.0 Å². The third-order valence-electron chi connectivity index (χ3n) is 3.17. The van der Waals surface area contributed by atoms with E-state index in [0.717, 1.165) is 22.0 Å². The van der Waals surface area contributed by atoms with Crippen LogP contribution in [0.1, 0.15) is 48.6 Å². The lowest BCUT2D eigenvalue weighted by molar-refractivity contribution is -0.120. The zero-order chi connectivity index (χ0) is 17.0. The van der Waals surface area contributed by atoms with Crippen molar-refractivity contribution in [3.63, 3.8) is 0 Å². The minimum Gasteiger partial charge on any atom is -0.350 e. The lowest BCUT2D eigenvalue weighted by Crippen LogP contribution is -2.30. The molecule has 0 aliphatic rings. The molecule has 0 saturated heterocycles. The van der Waals surface area contributed by atoms with E-state index in [1.165, 1.54) is 23.3 Å². The van der Waals surface area contributed by atoms with Crippen LogP contribution in [0.25, 0.3) is 0 Å². The first kappa shape index (κ1) is 17.8. The summed E-state index contributed by atoms with van der Waals surface area (Å²) < 4.78 is 3.97. The third kappa shape index (κ3) is 4.97. The Hall–Kier alpha value is -1.54. The molecule has 0 fully saturated rings. The van der Waals surface area contributed by atoms with Crippen molar-refractivity contribution in [1.82, 2.24) is 24.9 Å². The molecule has 0 aromatic carbocycles. The highest BCUT2D eigenvalue weighted by Gasteiger charge is 2.18. The molecule has 2 rings (SSSR count). The van der Waals surface area contributed by atoms with E-state index in [1.807, 2.05) is 26.8 Å². The van der Waals surface area contributed by atoms with E-state index in [9.17, 15) is 4.79 Å². The second-order valence-electron chi connectivity index (χ2n) is 5.65. The highest BCUT2D eigenvalue weighted by atomic mass is 32.2. The summed E-state index contributed by atoms with van der Waals surface area (Å²) >= 11 is 2.70. The predicted molar refractivity (Wildman–Crippen MR) is 92.7 cm³/mol. The Kier molecular flexibility index (Phi) is 6.06. The molecule has 0 spiro atoms. The van der Waals surface area contributed by atoms with Gasteiger partial charge >= 0.3 is 0 Å². The molecule has 0 radical (unpaired) electrons. The Morgan fingerprint density at radius 3 is 2.52 bits per heavy atom. The van der Waals surface area contributed by atoms with Crippen LogP contribution in [0.4, 0.5) is 0 Å². The van der Waals surface area contributed by atoms with Crippen molar-refractivity contribution in [3.8, 4) is 0 Å². The van der Waals surface area contributed by atoms with E-state index < -0.39 is 0 Å². The van der Waals surface area contributed by atoms with Gasteiger partial charge in [-0.15, -0.1) is 5.10 Å². The fourth-order valence-corrected chi connectivity index (χ4v) is 3.68. The zero-order valence-electron chi connectivity index (χ0n) is 14.0. The van der Waals surface area contributed by atoms with Gasteiger partial charge in [0.2, 0.25) is 5.91 Å². The number of nitrogens with zero attached hydrogens (tertiary/aromatic N) is 4. The molecule has 1 amide bonds. The van der Waals surface area contributed by atoms with Gasteiger partial charge in [-0.3, -0.25) is 4.79 Å². The Balaban J connectivity index is 1.93. The summed E-state index contributed by atoms with van der Waals surface area (Å²) in [4.78, 5) is 22.0. The fraction of sp³-hybridized carbons (Fsp3) is 0.533. The Morgan fingerprint density at radius 2 is 1.91 bits per heavy atom. The summed E-state index contributed by atoms with van der Waals surface area (Å²) in [5.41, 5.74) is 2.77. The Labute approximate surface area is 144 Å². The lowest BCUT2D eigenvalue weighted by atomic mass is 10.1. The molecule has 8 heteroatoms. The van der Waals surface area contributed by atoms with Crippen LogP contribution in [0.5, 0.6) is 0 Å². The number of hydrogen-bond donors (Lipinski definition) is 1. The van der Waals surface area contributed by atoms with Crippen LogP contribution in [0.15, 0.2) is 11.2 Å². The average molecular weight is 352 g/mol. The van der Waals surface area contributed by atoms with Crippen LogP contribution in [0.2, 0.25) is 0 Å². The molecular weight excluding hydrogens is 330 g/mol. The summed E-state index contributed by atoms with van der Waals surface area (Å²) in [7, 11) is 0. The molecular formula is C15H21N5OS2. The summed E-state index contributed by atoms with van der Waals surface area (Å²) in [6, 6.07) is 1.92. The van der Waals surface area contributed by atoms with Gasteiger partial charge in [0.1, 0.15) is 0 Å². The molecule has 23 heavy (non-hydrogen) atoms. The van der Waals surface area contributed by atoms with Crippen molar-refractivity contribution in [2.75, 3.05) is 0 Å². The molecule has 6 nitrogen and oxygen atoms in total. The highest BCUT2D eigenvalue weighted by molar-refractivity contribution is 8.00. The summed E-state index contributed by atoms with van der Waals surface area (Å²) in [5.74, 6) is 0.261. The number of amides is 1. The third-order valence-corrected chi connectivity index (χ3v) is 4.87. The van der Waals surface area contributed by atoms with E-state index in [-0.39, 0.29) is 11.2 Å². The number of thioether (sulfide) groups is 1. The van der Waals surface area contributed by atoms with E-state index in [2.05, 4.69) is 38.7 Å². The van der Waals surface area contributed by atoms with E-state index >= 15 is 0 Å². The first-order valence-electron chi connectivity index (χ1n) is 7.44. The maximum absolute atomic E-state index is 12.3. The van der Waals surface area contributed by atoms with Crippen molar-refractivity contribution in [1.29, 1.82) is 0 Å². The van der Waals surface area contributed by atoms with E-state index in [0.29, 0.717) is 17.6 Å². The molecule has 0 aliphatic heterocycles. The first-order valence-corrected chi connectivity index (χ1v) is 9.10. The minimum atomic E-state index is -0.264. The topological polar surface area (TPSA) is 80.7 Å². The quantitative estimate of drug-likeness (QED) is 0.637. The van der Waals surface area contributed by atoms with Gasteiger partial charge in [0.05, 0.1) is 22.4 Å². The fourth-order valence-electron chi connectivity index (χ4n) is 2.05. The zero-order valence-corrected chi connectivity index (χ0v) is 15.6. The maximum atomic E-state index is 12.3. The van der Waals surface area contributed by atoms with Gasteiger partial charge in [-0.05, 0) is 44.3 Å². The van der Waals surface area contributed by atoms with Crippen LogP contribution in [-0.4, -0.2) is 30.7 Å². The molecule has 2 aromatic heterocycles. The number of rotatable bonds is 6. The van der Waals surface area contributed by atoms with Crippen molar-refractivity contribution in [2.24, 2.45) is 0 Å². The first-order chi connectivity index (χ1) is 10.9. The number of aromatic nitrogens is 4. The lowest BCUT2D eigenvalue weighted by Gasteiger charge is -2.12. The second-order valence-corrected chi connectivity index (χ2v) is 7.79. The van der Waals surface area contributed by atoms with Gasteiger partial charge in [0.15, 0.2) is 5.16 Å². The molecule has 0 aliphatic carbocycles. The number of nitrogens with one attached hydrogen (secondary N) is 1. The standard InChI is InChI=1S/C15H21N5OS2/c1-8(2)13-12(23-20-19-13)7-16-14(21)11(5)22-15-17-9(3)6-10(4)18-15/h6,8,11H,7H2,1-5H3,(H,16,21)/t11-/m1/s1. The van der Waals surface area contributed by atoms with E-state index in [1.54, 1.807) is 0 Å². The number of carbonyl (C=O) groups excluding carboxylic acids is 1. The van der Waals surface area contributed by atoms with Gasteiger partial charge in [-0.25, -0.2) is 9.97 Å². The SMILES string of the molecule is Cc1cc(C)nc(S[C@H](C)C(=O)NCc2snnc2C(C)C)n1. The van der Waals surface area contributed by atoms with Crippen molar-refractivity contribution in [2.45, 2.75) is 57.5 Å². The largest absolute Gasteiger partial charge is 0.350 e.